The summed E-state index contributed by atoms with van der Waals surface area (Å²) in [6, 6.07) is 10.2. The highest BCUT2D eigenvalue weighted by molar-refractivity contribution is 6.02. The molecule has 0 atom stereocenters. The standard InChI is InChI=1S/C16H17N5O2/c1-23-10-2-8-18-16-19-9-7-14(21-16)15(22)20-13-5-3-12(11-17)4-6-13/h3-7,9H,2,8,10H2,1H3,(H,20,22)(H,18,19,21). The summed E-state index contributed by atoms with van der Waals surface area (Å²) in [7, 11) is 1.64. The minimum atomic E-state index is -0.336. The van der Waals surface area contributed by atoms with Gasteiger partial charge in [0.2, 0.25) is 5.95 Å². The van der Waals surface area contributed by atoms with Crippen molar-refractivity contribution in [2.75, 3.05) is 30.9 Å². The molecule has 0 fully saturated rings. The van der Waals surface area contributed by atoms with Gasteiger partial charge in [0, 0.05) is 32.1 Å². The van der Waals surface area contributed by atoms with Gasteiger partial charge < -0.3 is 15.4 Å². The number of ether oxygens (including phenoxy) is 1. The van der Waals surface area contributed by atoms with Crippen LogP contribution in [0.1, 0.15) is 22.5 Å². The van der Waals surface area contributed by atoms with Gasteiger partial charge in [-0.2, -0.15) is 5.26 Å². The van der Waals surface area contributed by atoms with E-state index >= 15 is 0 Å². The van der Waals surface area contributed by atoms with Crippen LogP contribution in [-0.4, -0.2) is 36.1 Å². The molecule has 7 heteroatoms. The van der Waals surface area contributed by atoms with Gasteiger partial charge in [0.15, 0.2) is 0 Å². The minimum absolute atomic E-state index is 0.263. The van der Waals surface area contributed by atoms with Crippen molar-refractivity contribution in [3.63, 3.8) is 0 Å². The molecule has 2 N–H and O–H groups in total. The van der Waals surface area contributed by atoms with E-state index in [0.29, 0.717) is 30.4 Å². The van der Waals surface area contributed by atoms with Crippen molar-refractivity contribution in [1.29, 1.82) is 5.26 Å². The molecule has 0 radical (unpaired) electrons. The predicted octanol–water partition coefficient (Wildman–Crippen LogP) is 2.05. The van der Waals surface area contributed by atoms with Gasteiger partial charge >= 0.3 is 0 Å². The second kappa shape index (κ2) is 8.46. The highest BCUT2D eigenvalue weighted by atomic mass is 16.5. The van der Waals surface area contributed by atoms with E-state index in [2.05, 4.69) is 20.6 Å². The Labute approximate surface area is 134 Å². The molecule has 0 bridgehead atoms. The number of rotatable bonds is 7. The third-order valence-electron chi connectivity index (χ3n) is 2.97. The van der Waals surface area contributed by atoms with Gasteiger partial charge in [-0.15, -0.1) is 0 Å². The van der Waals surface area contributed by atoms with Gasteiger partial charge in [-0.05, 0) is 36.8 Å². The maximum absolute atomic E-state index is 12.2. The average molecular weight is 311 g/mol. The Balaban J connectivity index is 1.97. The SMILES string of the molecule is COCCCNc1nccc(C(=O)Nc2ccc(C#N)cc2)n1. The van der Waals surface area contributed by atoms with Crippen LogP contribution in [0.15, 0.2) is 36.5 Å². The molecule has 7 nitrogen and oxygen atoms in total. The first-order valence-corrected chi connectivity index (χ1v) is 7.10. The van der Waals surface area contributed by atoms with Gasteiger partial charge in [0.05, 0.1) is 11.6 Å². The van der Waals surface area contributed by atoms with E-state index in [0.717, 1.165) is 6.42 Å². The fraction of sp³-hybridized carbons (Fsp3) is 0.250. The van der Waals surface area contributed by atoms with Gasteiger partial charge in [-0.25, -0.2) is 9.97 Å². The molecule has 0 spiro atoms. The van der Waals surface area contributed by atoms with Crippen molar-refractivity contribution in [3.8, 4) is 6.07 Å². The average Bonchev–Trinajstić information content (AvgIpc) is 2.60. The summed E-state index contributed by atoms with van der Waals surface area (Å²) in [6.07, 6.45) is 2.35. The summed E-state index contributed by atoms with van der Waals surface area (Å²) in [5.41, 5.74) is 1.40. The molecule has 2 aromatic rings. The molecule has 1 amide bonds. The van der Waals surface area contributed by atoms with E-state index in [1.165, 1.54) is 6.20 Å². The molecule has 1 aromatic heterocycles. The first-order valence-electron chi connectivity index (χ1n) is 7.10. The third kappa shape index (κ3) is 5.05. The van der Waals surface area contributed by atoms with Crippen LogP contribution in [-0.2, 0) is 4.74 Å². The smallest absolute Gasteiger partial charge is 0.274 e. The molecule has 0 aliphatic heterocycles. The summed E-state index contributed by atoms with van der Waals surface area (Å²) in [5.74, 6) is 0.0608. The topological polar surface area (TPSA) is 99.9 Å². The Morgan fingerprint density at radius 2 is 2.09 bits per heavy atom. The fourth-order valence-corrected chi connectivity index (χ4v) is 1.81. The molecule has 118 valence electrons. The third-order valence-corrected chi connectivity index (χ3v) is 2.97. The Morgan fingerprint density at radius 3 is 2.78 bits per heavy atom. The minimum Gasteiger partial charge on any atom is -0.385 e. The number of carbonyl (C=O) groups is 1. The summed E-state index contributed by atoms with van der Waals surface area (Å²) in [4.78, 5) is 20.4. The lowest BCUT2D eigenvalue weighted by molar-refractivity contribution is 0.102. The number of aromatic nitrogens is 2. The van der Waals surface area contributed by atoms with Crippen LogP contribution in [0.25, 0.3) is 0 Å². The molecule has 0 aliphatic carbocycles. The predicted molar refractivity (Wildman–Crippen MR) is 86.1 cm³/mol. The Morgan fingerprint density at radius 1 is 1.30 bits per heavy atom. The number of amides is 1. The lowest BCUT2D eigenvalue weighted by Crippen LogP contribution is -2.16. The molecule has 0 aliphatic rings. The van der Waals surface area contributed by atoms with Crippen LogP contribution in [0.3, 0.4) is 0 Å². The zero-order chi connectivity index (χ0) is 16.5. The second-order valence-electron chi connectivity index (χ2n) is 4.68. The quantitative estimate of drug-likeness (QED) is 0.759. The van der Waals surface area contributed by atoms with Gasteiger partial charge in [0.25, 0.3) is 5.91 Å². The lowest BCUT2D eigenvalue weighted by atomic mass is 10.2. The molecule has 0 saturated carbocycles. The maximum atomic E-state index is 12.2. The first-order chi connectivity index (χ1) is 11.2. The lowest BCUT2D eigenvalue weighted by Gasteiger charge is -2.07. The van der Waals surface area contributed by atoms with E-state index in [-0.39, 0.29) is 11.6 Å². The molecule has 2 rings (SSSR count). The van der Waals surface area contributed by atoms with E-state index < -0.39 is 0 Å². The maximum Gasteiger partial charge on any atom is 0.274 e. The van der Waals surface area contributed by atoms with E-state index in [1.54, 1.807) is 37.4 Å². The van der Waals surface area contributed by atoms with Crippen LogP contribution in [0.5, 0.6) is 0 Å². The van der Waals surface area contributed by atoms with E-state index in [4.69, 9.17) is 10.00 Å². The van der Waals surface area contributed by atoms with Gasteiger partial charge in [0.1, 0.15) is 5.69 Å². The molecule has 1 heterocycles. The van der Waals surface area contributed by atoms with Crippen LogP contribution in [0.4, 0.5) is 11.6 Å². The molecule has 0 unspecified atom stereocenters. The van der Waals surface area contributed by atoms with Crippen LogP contribution in [0.2, 0.25) is 0 Å². The number of nitrogens with zero attached hydrogens (tertiary/aromatic N) is 3. The van der Waals surface area contributed by atoms with Crippen molar-refractivity contribution in [2.24, 2.45) is 0 Å². The molecular formula is C16H17N5O2. The molecule has 1 aromatic carbocycles. The van der Waals surface area contributed by atoms with Crippen molar-refractivity contribution >= 4 is 17.5 Å². The van der Waals surface area contributed by atoms with Crippen LogP contribution < -0.4 is 10.6 Å². The number of benzene rings is 1. The summed E-state index contributed by atoms with van der Waals surface area (Å²) in [5, 5.41) is 14.5. The van der Waals surface area contributed by atoms with Gasteiger partial charge in [-0.3, -0.25) is 4.79 Å². The van der Waals surface area contributed by atoms with Crippen molar-refractivity contribution in [1.82, 2.24) is 9.97 Å². The Bertz CT molecular complexity index is 694. The summed E-state index contributed by atoms with van der Waals surface area (Å²) in [6.45, 7) is 1.31. The monoisotopic (exact) mass is 311 g/mol. The highest BCUT2D eigenvalue weighted by Crippen LogP contribution is 2.10. The number of anilines is 2. The summed E-state index contributed by atoms with van der Waals surface area (Å²) < 4.78 is 4.96. The first kappa shape index (κ1) is 16.4. The van der Waals surface area contributed by atoms with Crippen molar-refractivity contribution in [3.05, 3.63) is 47.8 Å². The van der Waals surface area contributed by atoms with Gasteiger partial charge in [-0.1, -0.05) is 0 Å². The zero-order valence-electron chi connectivity index (χ0n) is 12.7. The number of nitrogens with one attached hydrogen (secondary N) is 2. The number of hydrogen-bond acceptors (Lipinski definition) is 6. The number of hydrogen-bond donors (Lipinski definition) is 2. The molecule has 23 heavy (non-hydrogen) atoms. The molecular weight excluding hydrogens is 294 g/mol. The van der Waals surface area contributed by atoms with Crippen LogP contribution in [0, 0.1) is 11.3 Å². The molecule has 0 saturated heterocycles. The normalized spacial score (nSPS) is 9.91. The Hall–Kier alpha value is -2.98. The van der Waals surface area contributed by atoms with Crippen LogP contribution >= 0.6 is 0 Å². The number of carbonyl (C=O) groups excluding carboxylic acids is 1. The fourth-order valence-electron chi connectivity index (χ4n) is 1.81. The summed E-state index contributed by atoms with van der Waals surface area (Å²) >= 11 is 0. The van der Waals surface area contributed by atoms with E-state index in [9.17, 15) is 4.79 Å². The van der Waals surface area contributed by atoms with Crippen molar-refractivity contribution < 1.29 is 9.53 Å². The highest BCUT2D eigenvalue weighted by Gasteiger charge is 2.09. The van der Waals surface area contributed by atoms with Crippen molar-refractivity contribution in [2.45, 2.75) is 6.42 Å². The second-order valence-corrected chi connectivity index (χ2v) is 4.68. The number of nitriles is 1. The zero-order valence-corrected chi connectivity index (χ0v) is 12.7. The largest absolute Gasteiger partial charge is 0.385 e. The number of methoxy groups -OCH3 is 1. The Kier molecular flexibility index (Phi) is 6.03. The van der Waals surface area contributed by atoms with E-state index in [1.807, 2.05) is 6.07 Å².